The van der Waals surface area contributed by atoms with E-state index in [-0.39, 0.29) is 16.1 Å². The summed E-state index contributed by atoms with van der Waals surface area (Å²) in [5.74, 6) is -1.69. The highest BCUT2D eigenvalue weighted by Crippen LogP contribution is 2.26. The Morgan fingerprint density at radius 3 is 2.47 bits per heavy atom. The molecule has 0 radical (unpaired) electrons. The van der Waals surface area contributed by atoms with Crippen LogP contribution in [0, 0.1) is 17.1 Å². The summed E-state index contributed by atoms with van der Waals surface area (Å²) in [6.45, 7) is 0. The van der Waals surface area contributed by atoms with Crippen LogP contribution in [0.15, 0.2) is 36.4 Å². The predicted octanol–water partition coefficient (Wildman–Crippen LogP) is 3.72. The lowest BCUT2D eigenvalue weighted by Crippen LogP contribution is -1.96. The Kier molecular flexibility index (Phi) is 3.50. The lowest BCUT2D eigenvalue weighted by Gasteiger charge is -2.05. The molecular weight excluding hydrogens is 269 g/mol. The van der Waals surface area contributed by atoms with E-state index in [0.717, 1.165) is 6.07 Å². The first-order valence-corrected chi connectivity index (χ1v) is 5.62. The Morgan fingerprint density at radius 1 is 1.16 bits per heavy atom. The summed E-state index contributed by atoms with van der Waals surface area (Å²) in [5, 5.41) is 18.0. The summed E-state index contributed by atoms with van der Waals surface area (Å²) >= 11 is 5.84. The average molecular weight is 276 g/mol. The number of carboxylic acids is 1. The largest absolute Gasteiger partial charge is 0.478 e. The molecule has 1 N–H and O–H groups in total. The Bertz CT molecular complexity index is 707. The van der Waals surface area contributed by atoms with Gasteiger partial charge in [0.15, 0.2) is 0 Å². The van der Waals surface area contributed by atoms with Crippen molar-refractivity contribution in [3.63, 3.8) is 0 Å². The van der Waals surface area contributed by atoms with Crippen molar-refractivity contribution in [2.75, 3.05) is 0 Å². The molecule has 0 fully saturated rings. The number of nitrogens with zero attached hydrogens (tertiary/aromatic N) is 1. The minimum absolute atomic E-state index is 0.00488. The van der Waals surface area contributed by atoms with Crippen molar-refractivity contribution in [3.8, 4) is 17.2 Å². The molecule has 0 aromatic heterocycles. The summed E-state index contributed by atoms with van der Waals surface area (Å²) in [5.41, 5.74) is 1.01. The predicted molar refractivity (Wildman–Crippen MR) is 68.5 cm³/mol. The van der Waals surface area contributed by atoms with Crippen LogP contribution in [0.25, 0.3) is 11.1 Å². The third-order valence-electron chi connectivity index (χ3n) is 2.50. The fourth-order valence-electron chi connectivity index (χ4n) is 1.70. The molecule has 19 heavy (non-hydrogen) atoms. The molecular formula is C14H7ClFNO2. The van der Waals surface area contributed by atoms with Crippen molar-refractivity contribution in [2.24, 2.45) is 0 Å². The smallest absolute Gasteiger partial charge is 0.335 e. The van der Waals surface area contributed by atoms with Gasteiger partial charge in [0.25, 0.3) is 0 Å². The van der Waals surface area contributed by atoms with Gasteiger partial charge in [0.2, 0.25) is 0 Å². The number of hydrogen-bond acceptors (Lipinski definition) is 2. The number of carbonyl (C=O) groups is 1. The summed E-state index contributed by atoms with van der Waals surface area (Å²) in [6.07, 6.45) is 0. The van der Waals surface area contributed by atoms with Crippen LogP contribution in [0.3, 0.4) is 0 Å². The Labute approximate surface area is 113 Å². The number of nitriles is 1. The van der Waals surface area contributed by atoms with Gasteiger partial charge in [-0.15, -0.1) is 0 Å². The molecule has 0 spiro atoms. The molecule has 2 rings (SSSR count). The van der Waals surface area contributed by atoms with Gasteiger partial charge >= 0.3 is 5.97 Å². The van der Waals surface area contributed by atoms with E-state index in [2.05, 4.69) is 0 Å². The van der Waals surface area contributed by atoms with Crippen LogP contribution in [0.2, 0.25) is 5.02 Å². The molecule has 0 aliphatic carbocycles. The zero-order valence-electron chi connectivity index (χ0n) is 9.52. The number of aromatic carboxylic acids is 1. The summed E-state index contributed by atoms with van der Waals surface area (Å²) in [4.78, 5) is 10.9. The van der Waals surface area contributed by atoms with Crippen LogP contribution in [0.1, 0.15) is 15.9 Å². The molecule has 0 bridgehead atoms. The second-order valence-corrected chi connectivity index (χ2v) is 4.31. The van der Waals surface area contributed by atoms with E-state index < -0.39 is 11.8 Å². The van der Waals surface area contributed by atoms with Crippen LogP contribution in [0.5, 0.6) is 0 Å². The highest BCUT2D eigenvalue weighted by atomic mass is 35.5. The Hall–Kier alpha value is -2.38. The van der Waals surface area contributed by atoms with Gasteiger partial charge in [-0.05, 0) is 47.5 Å². The second kappa shape index (κ2) is 5.09. The van der Waals surface area contributed by atoms with E-state index >= 15 is 0 Å². The molecule has 2 aromatic rings. The summed E-state index contributed by atoms with van der Waals surface area (Å²) in [7, 11) is 0. The molecule has 0 unspecified atom stereocenters. The average Bonchev–Trinajstić information content (AvgIpc) is 2.37. The van der Waals surface area contributed by atoms with Crippen LogP contribution >= 0.6 is 11.6 Å². The molecule has 94 valence electrons. The van der Waals surface area contributed by atoms with Gasteiger partial charge in [0, 0.05) is 5.02 Å². The molecule has 0 saturated carbocycles. The molecule has 0 atom stereocenters. The number of carboxylic acid groups (broad SMARTS) is 1. The van der Waals surface area contributed by atoms with Gasteiger partial charge in [-0.1, -0.05) is 11.6 Å². The number of halogens is 2. The van der Waals surface area contributed by atoms with Crippen molar-refractivity contribution < 1.29 is 14.3 Å². The first-order valence-electron chi connectivity index (χ1n) is 5.24. The van der Waals surface area contributed by atoms with Crippen LogP contribution in [0.4, 0.5) is 4.39 Å². The lowest BCUT2D eigenvalue weighted by atomic mass is 10.0. The van der Waals surface area contributed by atoms with Crippen molar-refractivity contribution in [2.45, 2.75) is 0 Å². The highest BCUT2D eigenvalue weighted by molar-refractivity contribution is 6.31. The Balaban J connectivity index is 2.62. The van der Waals surface area contributed by atoms with Gasteiger partial charge < -0.3 is 5.11 Å². The molecule has 0 amide bonds. The molecule has 5 heteroatoms. The van der Waals surface area contributed by atoms with Gasteiger partial charge in [-0.3, -0.25) is 0 Å². The fourth-order valence-corrected chi connectivity index (χ4v) is 1.94. The van der Waals surface area contributed by atoms with E-state index in [0.29, 0.717) is 11.1 Å². The van der Waals surface area contributed by atoms with Crippen molar-refractivity contribution in [3.05, 3.63) is 58.4 Å². The van der Waals surface area contributed by atoms with Crippen LogP contribution in [-0.4, -0.2) is 11.1 Å². The normalized spacial score (nSPS) is 9.95. The van der Waals surface area contributed by atoms with Crippen LogP contribution < -0.4 is 0 Å². The van der Waals surface area contributed by atoms with Crippen molar-refractivity contribution in [1.82, 2.24) is 0 Å². The summed E-state index contributed by atoms with van der Waals surface area (Å²) in [6, 6.07) is 9.84. The van der Waals surface area contributed by atoms with Gasteiger partial charge in [0.1, 0.15) is 5.82 Å². The third kappa shape index (κ3) is 2.90. The fraction of sp³-hybridized carbons (Fsp3) is 0. The number of rotatable bonds is 2. The second-order valence-electron chi connectivity index (χ2n) is 3.87. The molecule has 0 aliphatic heterocycles. The molecule has 2 aromatic carbocycles. The Morgan fingerprint density at radius 2 is 1.84 bits per heavy atom. The third-order valence-corrected chi connectivity index (χ3v) is 2.72. The zero-order valence-corrected chi connectivity index (χ0v) is 10.3. The minimum atomic E-state index is -1.12. The van der Waals surface area contributed by atoms with E-state index in [1.54, 1.807) is 0 Å². The lowest BCUT2D eigenvalue weighted by molar-refractivity contribution is 0.0697. The molecule has 3 nitrogen and oxygen atoms in total. The summed E-state index contributed by atoms with van der Waals surface area (Å²) < 4.78 is 13.4. The quantitative estimate of drug-likeness (QED) is 0.909. The standard InChI is InChI=1S/C14H7ClFNO2/c15-12-4-10(3-11(5-12)14(18)19)9-1-8(7-17)2-13(16)6-9/h1-6H,(H,18,19). The minimum Gasteiger partial charge on any atom is -0.478 e. The van der Waals surface area contributed by atoms with Gasteiger partial charge in [-0.25, -0.2) is 9.18 Å². The molecule has 0 heterocycles. The monoisotopic (exact) mass is 275 g/mol. The maximum Gasteiger partial charge on any atom is 0.335 e. The van der Waals surface area contributed by atoms with Gasteiger partial charge in [0.05, 0.1) is 17.2 Å². The molecule has 0 saturated heterocycles. The van der Waals surface area contributed by atoms with Gasteiger partial charge in [-0.2, -0.15) is 5.26 Å². The first kappa shape index (κ1) is 13.1. The van der Waals surface area contributed by atoms with E-state index in [1.807, 2.05) is 6.07 Å². The highest BCUT2D eigenvalue weighted by Gasteiger charge is 2.09. The molecule has 0 aliphatic rings. The number of benzene rings is 2. The maximum absolute atomic E-state index is 13.4. The van der Waals surface area contributed by atoms with Crippen LogP contribution in [-0.2, 0) is 0 Å². The maximum atomic E-state index is 13.4. The van der Waals surface area contributed by atoms with Crippen molar-refractivity contribution >= 4 is 17.6 Å². The van der Waals surface area contributed by atoms with E-state index in [4.69, 9.17) is 22.0 Å². The van der Waals surface area contributed by atoms with E-state index in [1.165, 1.54) is 30.3 Å². The number of hydrogen-bond donors (Lipinski definition) is 1. The zero-order chi connectivity index (χ0) is 14.0. The van der Waals surface area contributed by atoms with E-state index in [9.17, 15) is 9.18 Å². The SMILES string of the molecule is N#Cc1cc(F)cc(-c2cc(Cl)cc(C(=O)O)c2)c1. The van der Waals surface area contributed by atoms with Crippen molar-refractivity contribution in [1.29, 1.82) is 5.26 Å². The topological polar surface area (TPSA) is 61.1 Å². The first-order chi connectivity index (χ1) is 8.99.